The summed E-state index contributed by atoms with van der Waals surface area (Å²) in [6.07, 6.45) is 0.644. The number of urea groups is 1. The summed E-state index contributed by atoms with van der Waals surface area (Å²) in [6, 6.07) is -0.662. The summed E-state index contributed by atoms with van der Waals surface area (Å²) in [7, 11) is 1.49. The monoisotopic (exact) mass is 287 g/mol. The predicted octanol–water partition coefficient (Wildman–Crippen LogP) is 0.748. The minimum Gasteiger partial charge on any atom is -0.480 e. The van der Waals surface area contributed by atoms with Gasteiger partial charge in [-0.2, -0.15) is 0 Å². The van der Waals surface area contributed by atoms with Gasteiger partial charge in [0.05, 0.1) is 0 Å². The highest BCUT2D eigenvalue weighted by molar-refractivity contribution is 5.85. The Labute approximate surface area is 119 Å². The fraction of sp³-hybridized carbons (Fsp3) is 0.769. The number of amides is 3. The zero-order valence-corrected chi connectivity index (χ0v) is 12.8. The highest BCUT2D eigenvalue weighted by Crippen LogP contribution is 2.07. The zero-order chi connectivity index (χ0) is 15.9. The first-order valence-electron chi connectivity index (χ1n) is 6.71. The maximum Gasteiger partial charge on any atom is 0.323 e. The van der Waals surface area contributed by atoms with Gasteiger partial charge in [0.2, 0.25) is 5.91 Å². The molecule has 2 N–H and O–H groups in total. The van der Waals surface area contributed by atoms with E-state index in [0.29, 0.717) is 6.42 Å². The van der Waals surface area contributed by atoms with Gasteiger partial charge in [0.15, 0.2) is 0 Å². The molecule has 7 nitrogen and oxygen atoms in total. The number of carbonyl (C=O) groups is 3. The molecule has 1 unspecified atom stereocenters. The van der Waals surface area contributed by atoms with Gasteiger partial charge in [0.1, 0.15) is 13.1 Å². The number of carboxylic acid groups (broad SMARTS) is 1. The molecule has 0 saturated heterocycles. The van der Waals surface area contributed by atoms with Crippen molar-refractivity contribution in [2.75, 3.05) is 20.1 Å². The molecule has 0 aromatic carbocycles. The van der Waals surface area contributed by atoms with Crippen molar-refractivity contribution in [3.8, 4) is 0 Å². The molecule has 0 aliphatic rings. The molecule has 1 atom stereocenters. The van der Waals surface area contributed by atoms with Crippen LogP contribution in [0.15, 0.2) is 0 Å². The average molecular weight is 287 g/mol. The Balaban J connectivity index is 4.71. The van der Waals surface area contributed by atoms with E-state index in [1.807, 2.05) is 20.8 Å². The molecular formula is C13H25N3O4. The minimum absolute atomic E-state index is 0.00399. The van der Waals surface area contributed by atoms with Gasteiger partial charge < -0.3 is 20.2 Å². The third-order valence-corrected chi connectivity index (χ3v) is 2.83. The van der Waals surface area contributed by atoms with Crippen LogP contribution in [0.25, 0.3) is 0 Å². The largest absolute Gasteiger partial charge is 0.480 e. The summed E-state index contributed by atoms with van der Waals surface area (Å²) in [5.41, 5.74) is 0. The normalized spacial score (nSPS) is 11.9. The fourth-order valence-electron chi connectivity index (χ4n) is 1.65. The van der Waals surface area contributed by atoms with Gasteiger partial charge >= 0.3 is 12.0 Å². The highest BCUT2D eigenvalue weighted by atomic mass is 16.4. The Kier molecular flexibility index (Phi) is 7.64. The summed E-state index contributed by atoms with van der Waals surface area (Å²) in [5.74, 6) is -1.34. The Morgan fingerprint density at radius 3 is 2.10 bits per heavy atom. The first-order valence-corrected chi connectivity index (χ1v) is 6.71. The lowest BCUT2D eigenvalue weighted by molar-refractivity contribution is -0.138. The van der Waals surface area contributed by atoms with Crippen molar-refractivity contribution in [3.05, 3.63) is 0 Å². The summed E-state index contributed by atoms with van der Waals surface area (Å²) >= 11 is 0. The van der Waals surface area contributed by atoms with Crippen LogP contribution in [0, 0.1) is 0 Å². The molecule has 0 radical (unpaired) electrons. The van der Waals surface area contributed by atoms with Crippen molar-refractivity contribution in [2.45, 2.75) is 46.2 Å². The van der Waals surface area contributed by atoms with Crippen LogP contribution >= 0.6 is 0 Å². The van der Waals surface area contributed by atoms with E-state index in [9.17, 15) is 14.4 Å². The smallest absolute Gasteiger partial charge is 0.323 e. The lowest BCUT2D eigenvalue weighted by Gasteiger charge is -2.31. The van der Waals surface area contributed by atoms with E-state index in [0.717, 1.165) is 0 Å². The third-order valence-electron chi connectivity index (χ3n) is 2.83. The predicted molar refractivity (Wildman–Crippen MR) is 75.4 cm³/mol. The maximum atomic E-state index is 12.2. The van der Waals surface area contributed by atoms with Crippen molar-refractivity contribution >= 4 is 17.9 Å². The average Bonchev–Trinajstić information content (AvgIpc) is 2.32. The fourth-order valence-corrected chi connectivity index (χ4v) is 1.65. The third kappa shape index (κ3) is 6.40. The first kappa shape index (κ1) is 18.2. The quantitative estimate of drug-likeness (QED) is 0.723. The van der Waals surface area contributed by atoms with Crippen molar-refractivity contribution in [1.82, 2.24) is 15.1 Å². The number of carbonyl (C=O) groups excluding carboxylic acids is 2. The Bertz CT molecular complexity index is 358. The van der Waals surface area contributed by atoms with Gasteiger partial charge in [-0.15, -0.1) is 0 Å². The van der Waals surface area contributed by atoms with Crippen LogP contribution in [0.2, 0.25) is 0 Å². The number of nitrogens with zero attached hydrogens (tertiary/aromatic N) is 2. The van der Waals surface area contributed by atoms with E-state index in [2.05, 4.69) is 5.32 Å². The number of likely N-dealkylation sites (N-methyl/N-ethyl adjacent to an activating group) is 1. The number of rotatable bonds is 7. The number of nitrogens with one attached hydrogen (secondary N) is 1. The first-order chi connectivity index (χ1) is 9.18. The highest BCUT2D eigenvalue weighted by Gasteiger charge is 2.25. The Morgan fingerprint density at radius 2 is 1.70 bits per heavy atom. The molecule has 0 saturated carbocycles. The molecule has 7 heteroatoms. The molecule has 0 rings (SSSR count). The Hall–Kier alpha value is -1.79. The van der Waals surface area contributed by atoms with E-state index >= 15 is 0 Å². The number of hydrogen-bond acceptors (Lipinski definition) is 3. The summed E-state index contributed by atoms with van der Waals surface area (Å²) in [4.78, 5) is 37.1. The van der Waals surface area contributed by atoms with Gasteiger partial charge in [-0.25, -0.2) is 4.79 Å². The van der Waals surface area contributed by atoms with E-state index in [4.69, 9.17) is 5.11 Å². The molecule has 0 fully saturated rings. The number of carboxylic acids is 1. The van der Waals surface area contributed by atoms with Crippen LogP contribution in [0.5, 0.6) is 0 Å². The van der Waals surface area contributed by atoms with Crippen LogP contribution < -0.4 is 5.32 Å². The van der Waals surface area contributed by atoms with E-state index in [1.54, 1.807) is 6.92 Å². The Morgan fingerprint density at radius 1 is 1.15 bits per heavy atom. The van der Waals surface area contributed by atoms with Gasteiger partial charge in [0, 0.05) is 19.1 Å². The lowest BCUT2D eigenvalue weighted by Crippen LogP contribution is -2.50. The number of hydrogen-bond donors (Lipinski definition) is 2. The van der Waals surface area contributed by atoms with Gasteiger partial charge in [-0.05, 0) is 27.2 Å². The molecule has 0 aromatic heterocycles. The topological polar surface area (TPSA) is 90.0 Å². The SMILES string of the molecule is CCC(C)N(CC(=O)O)C(=O)N(C)CC(=O)NC(C)C. The molecule has 0 bridgehead atoms. The van der Waals surface area contributed by atoms with Crippen molar-refractivity contribution in [3.63, 3.8) is 0 Å². The molecule has 20 heavy (non-hydrogen) atoms. The molecule has 0 aliphatic carbocycles. The zero-order valence-electron chi connectivity index (χ0n) is 12.8. The standard InChI is InChI=1S/C13H25N3O4/c1-6-10(4)16(8-12(18)19)13(20)15(5)7-11(17)14-9(2)3/h9-10H,6-8H2,1-5H3,(H,14,17)(H,18,19). The van der Waals surface area contributed by atoms with Crippen molar-refractivity contribution in [1.29, 1.82) is 0 Å². The summed E-state index contributed by atoms with van der Waals surface area (Å²) < 4.78 is 0. The van der Waals surface area contributed by atoms with Crippen LogP contribution in [0.3, 0.4) is 0 Å². The van der Waals surface area contributed by atoms with E-state index in [-0.39, 0.29) is 31.1 Å². The minimum atomic E-state index is -1.07. The second kappa shape index (κ2) is 8.39. The van der Waals surface area contributed by atoms with Crippen LogP contribution in [0.1, 0.15) is 34.1 Å². The van der Waals surface area contributed by atoms with Crippen molar-refractivity contribution < 1.29 is 19.5 Å². The van der Waals surface area contributed by atoms with Gasteiger partial charge in [0.25, 0.3) is 0 Å². The second-order valence-electron chi connectivity index (χ2n) is 5.14. The van der Waals surface area contributed by atoms with E-state index in [1.165, 1.54) is 16.8 Å². The number of aliphatic carboxylic acids is 1. The van der Waals surface area contributed by atoms with Crippen LogP contribution in [-0.2, 0) is 9.59 Å². The molecule has 0 aromatic rings. The summed E-state index contributed by atoms with van der Waals surface area (Å²) in [5, 5.41) is 11.6. The molecule has 0 heterocycles. The molecule has 0 spiro atoms. The molecule has 3 amide bonds. The van der Waals surface area contributed by atoms with E-state index < -0.39 is 12.0 Å². The van der Waals surface area contributed by atoms with Crippen molar-refractivity contribution in [2.24, 2.45) is 0 Å². The van der Waals surface area contributed by atoms with Crippen LogP contribution in [0.4, 0.5) is 4.79 Å². The molecule has 116 valence electrons. The lowest BCUT2D eigenvalue weighted by atomic mass is 10.2. The second-order valence-corrected chi connectivity index (χ2v) is 5.14. The van der Waals surface area contributed by atoms with Crippen LogP contribution in [-0.4, -0.2) is 65.0 Å². The maximum absolute atomic E-state index is 12.2. The molecule has 0 aliphatic heterocycles. The summed E-state index contributed by atoms with van der Waals surface area (Å²) in [6.45, 7) is 6.85. The van der Waals surface area contributed by atoms with Gasteiger partial charge in [-0.3, -0.25) is 9.59 Å². The van der Waals surface area contributed by atoms with Gasteiger partial charge in [-0.1, -0.05) is 6.92 Å². The molecular weight excluding hydrogens is 262 g/mol.